The van der Waals surface area contributed by atoms with Crippen LogP contribution in [0.3, 0.4) is 0 Å². The van der Waals surface area contributed by atoms with Gasteiger partial charge in [0.1, 0.15) is 12.7 Å². The van der Waals surface area contributed by atoms with E-state index in [0.717, 1.165) is 37.8 Å². The van der Waals surface area contributed by atoms with Crippen molar-refractivity contribution in [2.45, 2.75) is 44.1 Å². The van der Waals surface area contributed by atoms with Crippen molar-refractivity contribution in [1.29, 1.82) is 0 Å². The Bertz CT molecular complexity index is 1100. The van der Waals surface area contributed by atoms with Gasteiger partial charge in [-0.3, -0.25) is 4.99 Å². The number of dihydropyridines is 1. The van der Waals surface area contributed by atoms with Gasteiger partial charge in [-0.1, -0.05) is 6.08 Å². The molecule has 1 fully saturated rings. The van der Waals surface area contributed by atoms with Gasteiger partial charge in [0, 0.05) is 24.0 Å². The predicted molar refractivity (Wildman–Crippen MR) is 104 cm³/mol. The average Bonchev–Trinajstić information content (AvgIpc) is 3.39. The highest BCUT2D eigenvalue weighted by atomic mass is 15.3. The van der Waals surface area contributed by atoms with E-state index in [1.54, 1.807) is 17.2 Å². The van der Waals surface area contributed by atoms with Crippen molar-refractivity contribution in [2.75, 3.05) is 0 Å². The molecule has 3 aromatic heterocycles. The molecule has 3 aromatic rings. The van der Waals surface area contributed by atoms with E-state index in [9.17, 15) is 0 Å². The third-order valence-electron chi connectivity index (χ3n) is 6.60. The summed E-state index contributed by atoms with van der Waals surface area (Å²) in [6, 6.07) is 2.51. The SMILES string of the molecule is C1=NC2CC(c3cnn4cnnc4c3)CC2C=C1C1CCc2ncncc2C1. The molecule has 4 atom stereocenters. The first-order chi connectivity index (χ1) is 13.8. The van der Waals surface area contributed by atoms with Crippen LogP contribution in [0.1, 0.15) is 42.0 Å². The lowest BCUT2D eigenvalue weighted by Crippen LogP contribution is -2.23. The topological polar surface area (TPSA) is 81.2 Å². The Morgan fingerprint density at radius 2 is 2.11 bits per heavy atom. The number of aliphatic imine (C=N–C) groups is 1. The third kappa shape index (κ3) is 2.65. The summed E-state index contributed by atoms with van der Waals surface area (Å²) in [4.78, 5) is 13.6. The summed E-state index contributed by atoms with van der Waals surface area (Å²) in [6.07, 6.45) is 17.3. The van der Waals surface area contributed by atoms with E-state index >= 15 is 0 Å². The monoisotopic (exact) mass is 371 g/mol. The van der Waals surface area contributed by atoms with Crippen molar-refractivity contribution in [3.8, 4) is 0 Å². The summed E-state index contributed by atoms with van der Waals surface area (Å²) in [5.74, 6) is 1.54. The van der Waals surface area contributed by atoms with Crippen LogP contribution in [-0.2, 0) is 12.8 Å². The molecule has 6 rings (SSSR count). The molecule has 0 amide bonds. The Morgan fingerprint density at radius 1 is 1.11 bits per heavy atom. The molecule has 1 aliphatic heterocycles. The van der Waals surface area contributed by atoms with Gasteiger partial charge in [-0.15, -0.1) is 10.2 Å². The Morgan fingerprint density at radius 3 is 3.11 bits per heavy atom. The molecule has 0 saturated heterocycles. The summed E-state index contributed by atoms with van der Waals surface area (Å²) in [7, 11) is 0. The van der Waals surface area contributed by atoms with Gasteiger partial charge in [0.2, 0.25) is 0 Å². The zero-order valence-electron chi connectivity index (χ0n) is 15.5. The van der Waals surface area contributed by atoms with Gasteiger partial charge in [0.15, 0.2) is 5.65 Å². The molecule has 4 unspecified atom stereocenters. The lowest BCUT2D eigenvalue weighted by molar-refractivity contribution is 0.507. The Kier molecular flexibility index (Phi) is 3.60. The number of fused-ring (bicyclic) bond motifs is 3. The summed E-state index contributed by atoms with van der Waals surface area (Å²) < 4.78 is 1.71. The predicted octanol–water partition coefficient (Wildman–Crippen LogP) is 2.59. The summed E-state index contributed by atoms with van der Waals surface area (Å²) in [5, 5.41) is 12.5. The van der Waals surface area contributed by atoms with Gasteiger partial charge >= 0.3 is 0 Å². The minimum absolute atomic E-state index is 0.391. The first-order valence-corrected chi connectivity index (χ1v) is 10.0. The molecule has 4 heterocycles. The lowest BCUT2D eigenvalue weighted by Gasteiger charge is -2.27. The van der Waals surface area contributed by atoms with Crippen LogP contribution in [0.25, 0.3) is 5.65 Å². The van der Waals surface area contributed by atoms with Crippen LogP contribution in [-0.4, -0.2) is 42.0 Å². The van der Waals surface area contributed by atoms with Crippen LogP contribution in [0.4, 0.5) is 0 Å². The van der Waals surface area contributed by atoms with Crippen LogP contribution in [0, 0.1) is 11.8 Å². The smallest absolute Gasteiger partial charge is 0.177 e. The summed E-state index contributed by atoms with van der Waals surface area (Å²) in [6.45, 7) is 0. The molecule has 3 aliphatic rings. The van der Waals surface area contributed by atoms with E-state index in [-0.39, 0.29) is 0 Å². The molecule has 2 aliphatic carbocycles. The highest BCUT2D eigenvalue weighted by Gasteiger charge is 2.36. The summed E-state index contributed by atoms with van der Waals surface area (Å²) in [5.41, 5.74) is 5.99. The largest absolute Gasteiger partial charge is 0.289 e. The highest BCUT2D eigenvalue weighted by molar-refractivity contribution is 5.81. The fourth-order valence-corrected chi connectivity index (χ4v) is 5.09. The second kappa shape index (κ2) is 6.29. The molecular formula is C21H21N7. The number of hydrogen-bond acceptors (Lipinski definition) is 6. The number of nitrogens with zero attached hydrogens (tertiary/aromatic N) is 7. The zero-order chi connectivity index (χ0) is 18.5. The van der Waals surface area contributed by atoms with Gasteiger partial charge in [-0.25, -0.2) is 14.5 Å². The number of hydrogen-bond donors (Lipinski definition) is 0. The second-order valence-corrected chi connectivity index (χ2v) is 8.20. The fourth-order valence-electron chi connectivity index (χ4n) is 5.09. The maximum atomic E-state index is 4.95. The molecule has 7 nitrogen and oxygen atoms in total. The molecule has 0 radical (unpaired) electrons. The van der Waals surface area contributed by atoms with E-state index in [2.05, 4.69) is 43.6 Å². The number of allylic oxidation sites excluding steroid dienone is 1. The zero-order valence-corrected chi connectivity index (χ0v) is 15.5. The van der Waals surface area contributed by atoms with Gasteiger partial charge in [0.25, 0.3) is 0 Å². The van der Waals surface area contributed by atoms with Gasteiger partial charge in [-0.2, -0.15) is 5.10 Å². The first-order valence-electron chi connectivity index (χ1n) is 10.0. The average molecular weight is 371 g/mol. The number of rotatable bonds is 2. The van der Waals surface area contributed by atoms with E-state index < -0.39 is 0 Å². The maximum Gasteiger partial charge on any atom is 0.177 e. The number of aryl methyl sites for hydroxylation is 1. The first kappa shape index (κ1) is 16.0. The summed E-state index contributed by atoms with van der Waals surface area (Å²) >= 11 is 0. The van der Waals surface area contributed by atoms with Crippen LogP contribution >= 0.6 is 0 Å². The minimum atomic E-state index is 0.391. The van der Waals surface area contributed by atoms with E-state index in [1.807, 2.05) is 12.4 Å². The van der Waals surface area contributed by atoms with Crippen molar-refractivity contribution in [1.82, 2.24) is 29.8 Å². The maximum absolute atomic E-state index is 4.95. The second-order valence-electron chi connectivity index (χ2n) is 8.20. The molecule has 0 spiro atoms. The standard InChI is InChI=1S/C21H21N7/c1-2-19-18(8-22-11-24-19)3-13(1)16-5-15-4-14(6-20(15)23-9-16)17-7-21-27-25-12-28(21)26-10-17/h5,7-15,20H,1-4,6H2. The third-order valence-corrected chi connectivity index (χ3v) is 6.60. The Hall–Kier alpha value is -2.96. The molecular weight excluding hydrogens is 350 g/mol. The van der Waals surface area contributed by atoms with Crippen molar-refractivity contribution in [2.24, 2.45) is 16.8 Å². The van der Waals surface area contributed by atoms with Gasteiger partial charge in [-0.05, 0) is 66.7 Å². The quantitative estimate of drug-likeness (QED) is 0.692. The molecule has 0 aromatic carbocycles. The van der Waals surface area contributed by atoms with Crippen molar-refractivity contribution in [3.05, 3.63) is 59.6 Å². The Labute approximate surface area is 162 Å². The minimum Gasteiger partial charge on any atom is -0.289 e. The van der Waals surface area contributed by atoms with Crippen LogP contribution in [0.5, 0.6) is 0 Å². The molecule has 28 heavy (non-hydrogen) atoms. The highest BCUT2D eigenvalue weighted by Crippen LogP contribution is 2.43. The normalized spacial score (nSPS) is 28.8. The van der Waals surface area contributed by atoms with E-state index in [0.29, 0.717) is 23.8 Å². The van der Waals surface area contributed by atoms with Gasteiger partial charge in [0.05, 0.1) is 12.2 Å². The lowest BCUT2D eigenvalue weighted by atomic mass is 9.80. The molecule has 7 heteroatoms. The molecule has 0 bridgehead atoms. The van der Waals surface area contributed by atoms with Crippen LogP contribution in [0.15, 0.2) is 47.8 Å². The van der Waals surface area contributed by atoms with Crippen molar-refractivity contribution < 1.29 is 0 Å². The van der Waals surface area contributed by atoms with Crippen molar-refractivity contribution >= 4 is 11.9 Å². The van der Waals surface area contributed by atoms with Crippen LogP contribution < -0.4 is 0 Å². The molecule has 140 valence electrons. The van der Waals surface area contributed by atoms with Crippen LogP contribution in [0.2, 0.25) is 0 Å². The van der Waals surface area contributed by atoms with E-state index in [4.69, 9.17) is 4.99 Å². The molecule has 0 N–H and O–H groups in total. The van der Waals surface area contributed by atoms with Crippen molar-refractivity contribution in [3.63, 3.8) is 0 Å². The van der Waals surface area contributed by atoms with Gasteiger partial charge < -0.3 is 0 Å². The number of aromatic nitrogens is 6. The van der Waals surface area contributed by atoms with E-state index in [1.165, 1.54) is 22.4 Å². The molecule has 1 saturated carbocycles. The Balaban J connectivity index is 1.22. The fraction of sp³-hybridized carbons (Fsp3) is 0.429.